The Morgan fingerprint density at radius 1 is 0.969 bits per heavy atom. The van der Waals surface area contributed by atoms with Gasteiger partial charge in [0.2, 0.25) is 5.91 Å². The van der Waals surface area contributed by atoms with E-state index in [0.29, 0.717) is 22.6 Å². The molecule has 1 N–H and O–H groups in total. The number of hydrogen-bond acceptors (Lipinski definition) is 3. The van der Waals surface area contributed by atoms with Crippen molar-refractivity contribution in [3.05, 3.63) is 94.6 Å². The van der Waals surface area contributed by atoms with Crippen LogP contribution in [0.1, 0.15) is 16.7 Å². The number of fused-ring (bicyclic) bond motifs is 1. The number of aromatic nitrogens is 1. The van der Waals surface area contributed by atoms with Gasteiger partial charge in [0.25, 0.3) is 0 Å². The Morgan fingerprint density at radius 3 is 2.47 bits per heavy atom. The highest BCUT2D eigenvalue weighted by Crippen LogP contribution is 2.28. The SMILES string of the molecule is Cc1cccc(NC(=O)CS(=O)(=O)c2cn(Cc3ccccc3Cl)c3ccccc23)c1C. The molecule has 7 heteroatoms. The molecule has 0 saturated heterocycles. The molecule has 1 aromatic heterocycles. The van der Waals surface area contributed by atoms with Crippen molar-refractivity contribution in [3.63, 3.8) is 0 Å². The van der Waals surface area contributed by atoms with E-state index >= 15 is 0 Å². The number of para-hydroxylation sites is 1. The van der Waals surface area contributed by atoms with Crippen molar-refractivity contribution >= 4 is 43.9 Å². The Balaban J connectivity index is 1.65. The number of carbonyl (C=O) groups excluding carboxylic acids is 1. The van der Waals surface area contributed by atoms with Crippen molar-refractivity contribution in [2.24, 2.45) is 0 Å². The Kier molecular flexibility index (Phi) is 6.09. The lowest BCUT2D eigenvalue weighted by atomic mass is 10.1. The quantitative estimate of drug-likeness (QED) is 0.415. The average Bonchev–Trinajstić information content (AvgIpc) is 3.12. The lowest BCUT2D eigenvalue weighted by Gasteiger charge is -2.10. The molecule has 0 radical (unpaired) electrons. The molecule has 0 fully saturated rings. The molecule has 0 spiro atoms. The number of carbonyl (C=O) groups is 1. The normalized spacial score (nSPS) is 11.6. The van der Waals surface area contributed by atoms with E-state index in [2.05, 4.69) is 5.32 Å². The van der Waals surface area contributed by atoms with Crippen LogP contribution in [-0.4, -0.2) is 24.6 Å². The summed E-state index contributed by atoms with van der Waals surface area (Å²) < 4.78 is 28.3. The standard InChI is InChI=1S/C25H23ClN2O3S/c1-17-8-7-12-22(18(17)2)27-25(29)16-32(30,31)24-15-28(23-13-6-4-10-20(23)24)14-19-9-3-5-11-21(19)26/h3-13,15H,14,16H2,1-2H3,(H,27,29). The summed E-state index contributed by atoms with van der Waals surface area (Å²) in [6.45, 7) is 4.25. The number of hydrogen-bond donors (Lipinski definition) is 1. The molecule has 0 aliphatic carbocycles. The zero-order valence-electron chi connectivity index (χ0n) is 17.8. The van der Waals surface area contributed by atoms with Crippen molar-refractivity contribution < 1.29 is 13.2 Å². The average molecular weight is 467 g/mol. The van der Waals surface area contributed by atoms with Gasteiger partial charge in [-0.3, -0.25) is 4.79 Å². The van der Waals surface area contributed by atoms with Gasteiger partial charge in [0.05, 0.1) is 4.90 Å². The minimum absolute atomic E-state index is 0.135. The van der Waals surface area contributed by atoms with Crippen molar-refractivity contribution in [3.8, 4) is 0 Å². The first kappa shape index (κ1) is 22.1. The first-order valence-electron chi connectivity index (χ1n) is 10.2. The van der Waals surface area contributed by atoms with Crippen molar-refractivity contribution in [1.82, 2.24) is 4.57 Å². The molecule has 0 saturated carbocycles. The summed E-state index contributed by atoms with van der Waals surface area (Å²) in [7, 11) is -3.88. The van der Waals surface area contributed by atoms with Gasteiger partial charge in [-0.1, -0.05) is 60.1 Å². The van der Waals surface area contributed by atoms with Gasteiger partial charge in [0, 0.05) is 34.4 Å². The molecular formula is C25H23ClN2O3S. The molecule has 0 unspecified atom stereocenters. The molecule has 4 aromatic rings. The maximum absolute atomic E-state index is 13.2. The van der Waals surface area contributed by atoms with E-state index in [1.807, 2.05) is 60.9 Å². The minimum Gasteiger partial charge on any atom is -0.342 e. The Bertz CT molecular complexity index is 1420. The van der Waals surface area contributed by atoms with Gasteiger partial charge in [0.1, 0.15) is 5.75 Å². The third kappa shape index (κ3) is 4.42. The number of anilines is 1. The molecule has 164 valence electrons. The van der Waals surface area contributed by atoms with E-state index in [1.54, 1.807) is 30.5 Å². The smallest absolute Gasteiger partial charge is 0.239 e. The third-order valence-electron chi connectivity index (χ3n) is 5.59. The molecule has 5 nitrogen and oxygen atoms in total. The topological polar surface area (TPSA) is 68.2 Å². The maximum atomic E-state index is 13.2. The van der Waals surface area contributed by atoms with Gasteiger partial charge in [-0.2, -0.15) is 0 Å². The van der Waals surface area contributed by atoms with Gasteiger partial charge in [0.15, 0.2) is 9.84 Å². The van der Waals surface area contributed by atoms with Crippen LogP contribution in [-0.2, 0) is 21.2 Å². The number of halogens is 1. The molecule has 0 aliphatic heterocycles. The fourth-order valence-electron chi connectivity index (χ4n) is 3.73. The number of sulfone groups is 1. The Morgan fingerprint density at radius 2 is 1.69 bits per heavy atom. The molecule has 4 rings (SSSR count). The highest BCUT2D eigenvalue weighted by atomic mass is 35.5. The predicted octanol–water partition coefficient (Wildman–Crippen LogP) is 5.37. The largest absolute Gasteiger partial charge is 0.342 e. The minimum atomic E-state index is -3.88. The van der Waals surface area contributed by atoms with Crippen LogP contribution in [0.3, 0.4) is 0 Å². The van der Waals surface area contributed by atoms with Crippen LogP contribution in [0.4, 0.5) is 5.69 Å². The molecule has 0 atom stereocenters. The highest BCUT2D eigenvalue weighted by Gasteiger charge is 2.25. The molecule has 0 aliphatic rings. The van der Waals surface area contributed by atoms with E-state index in [9.17, 15) is 13.2 Å². The van der Waals surface area contributed by atoms with Crippen molar-refractivity contribution in [2.45, 2.75) is 25.3 Å². The fraction of sp³-hybridized carbons (Fsp3) is 0.160. The van der Waals surface area contributed by atoms with Crippen LogP contribution in [0.2, 0.25) is 5.02 Å². The van der Waals surface area contributed by atoms with Gasteiger partial charge in [-0.15, -0.1) is 0 Å². The second-order valence-corrected chi connectivity index (χ2v) is 10.1. The molecule has 1 heterocycles. The van der Waals surface area contributed by atoms with Crippen LogP contribution >= 0.6 is 11.6 Å². The van der Waals surface area contributed by atoms with Crippen LogP contribution in [0, 0.1) is 13.8 Å². The number of nitrogens with zero attached hydrogens (tertiary/aromatic N) is 1. The lowest BCUT2D eigenvalue weighted by Crippen LogP contribution is -2.23. The van der Waals surface area contributed by atoms with Crippen LogP contribution < -0.4 is 5.32 Å². The monoisotopic (exact) mass is 466 g/mol. The van der Waals surface area contributed by atoms with Gasteiger partial charge in [-0.25, -0.2) is 8.42 Å². The molecule has 1 amide bonds. The molecular weight excluding hydrogens is 444 g/mol. The number of nitrogens with one attached hydrogen (secondary N) is 1. The van der Waals surface area contributed by atoms with Crippen LogP contribution in [0.25, 0.3) is 10.9 Å². The summed E-state index contributed by atoms with van der Waals surface area (Å²) in [5.41, 5.74) is 4.20. The van der Waals surface area contributed by atoms with E-state index in [0.717, 1.165) is 22.2 Å². The third-order valence-corrected chi connectivity index (χ3v) is 7.59. The van der Waals surface area contributed by atoms with Crippen LogP contribution in [0.15, 0.2) is 77.8 Å². The second kappa shape index (κ2) is 8.81. The van der Waals surface area contributed by atoms with E-state index in [4.69, 9.17) is 11.6 Å². The predicted molar refractivity (Wildman–Crippen MR) is 129 cm³/mol. The molecule has 32 heavy (non-hydrogen) atoms. The zero-order valence-corrected chi connectivity index (χ0v) is 19.4. The van der Waals surface area contributed by atoms with Crippen molar-refractivity contribution in [2.75, 3.05) is 11.1 Å². The number of rotatable bonds is 6. The van der Waals surface area contributed by atoms with E-state index < -0.39 is 21.5 Å². The van der Waals surface area contributed by atoms with Gasteiger partial charge >= 0.3 is 0 Å². The molecule has 3 aromatic carbocycles. The summed E-state index contributed by atoms with van der Waals surface area (Å²) in [6, 6.07) is 20.3. The summed E-state index contributed by atoms with van der Waals surface area (Å²) >= 11 is 6.31. The zero-order chi connectivity index (χ0) is 22.9. The van der Waals surface area contributed by atoms with Crippen LogP contribution in [0.5, 0.6) is 0 Å². The Labute approximate surface area is 192 Å². The number of benzene rings is 3. The fourth-order valence-corrected chi connectivity index (χ4v) is 5.29. The maximum Gasteiger partial charge on any atom is 0.239 e. The Hall–Kier alpha value is -3.09. The number of amides is 1. The van der Waals surface area contributed by atoms with Crippen molar-refractivity contribution in [1.29, 1.82) is 0 Å². The van der Waals surface area contributed by atoms with E-state index in [-0.39, 0.29) is 4.90 Å². The molecule has 0 bridgehead atoms. The van der Waals surface area contributed by atoms with Gasteiger partial charge in [-0.05, 0) is 48.7 Å². The second-order valence-electron chi connectivity index (χ2n) is 7.78. The first-order chi connectivity index (χ1) is 15.3. The lowest BCUT2D eigenvalue weighted by molar-refractivity contribution is -0.113. The summed E-state index contributed by atoms with van der Waals surface area (Å²) in [5.74, 6) is -1.21. The summed E-state index contributed by atoms with van der Waals surface area (Å²) in [4.78, 5) is 12.8. The van der Waals surface area contributed by atoms with Gasteiger partial charge < -0.3 is 9.88 Å². The highest BCUT2D eigenvalue weighted by molar-refractivity contribution is 7.92. The first-order valence-corrected chi connectivity index (χ1v) is 12.2. The summed E-state index contributed by atoms with van der Waals surface area (Å²) in [5, 5.41) is 3.93. The summed E-state index contributed by atoms with van der Waals surface area (Å²) in [6.07, 6.45) is 1.59. The number of aryl methyl sites for hydroxylation is 1. The van der Waals surface area contributed by atoms with E-state index in [1.165, 1.54) is 0 Å².